The van der Waals surface area contributed by atoms with Crippen LogP contribution in [0.4, 0.5) is 4.39 Å². The number of hydrogen-bond acceptors (Lipinski definition) is 5. The number of nitrogens with zero attached hydrogens (tertiary/aromatic N) is 4. The molecule has 1 amide bonds. The summed E-state index contributed by atoms with van der Waals surface area (Å²) in [5.41, 5.74) is 0.736. The summed E-state index contributed by atoms with van der Waals surface area (Å²) in [6.45, 7) is 4.50. The van der Waals surface area contributed by atoms with E-state index in [1.54, 1.807) is 24.3 Å². The number of piperidine rings is 1. The molecule has 0 saturated carbocycles. The lowest BCUT2D eigenvalue weighted by Crippen LogP contribution is -2.41. The van der Waals surface area contributed by atoms with Crippen molar-refractivity contribution in [2.24, 2.45) is 5.92 Å². The molecule has 29 heavy (non-hydrogen) atoms. The van der Waals surface area contributed by atoms with Crippen LogP contribution in [-0.2, 0) is 4.79 Å². The molecule has 7 heteroatoms. The first kappa shape index (κ1) is 19.8. The van der Waals surface area contributed by atoms with Gasteiger partial charge in [-0.05, 0) is 64.9 Å². The minimum atomic E-state index is -0.440. The molecule has 2 aromatic rings. The number of aromatic nitrogens is 2. The number of para-hydroxylation sites is 1. The van der Waals surface area contributed by atoms with Crippen molar-refractivity contribution in [1.29, 1.82) is 0 Å². The number of aryl methyl sites for hydroxylation is 1. The van der Waals surface area contributed by atoms with E-state index in [9.17, 15) is 9.18 Å². The normalized spacial score (nSPS) is 20.8. The highest BCUT2D eigenvalue weighted by Gasteiger charge is 2.36. The molecule has 2 aliphatic rings. The van der Waals surface area contributed by atoms with Crippen molar-refractivity contribution in [2.45, 2.75) is 38.6 Å². The van der Waals surface area contributed by atoms with E-state index in [1.165, 1.54) is 6.07 Å². The zero-order valence-corrected chi connectivity index (χ0v) is 17.0. The van der Waals surface area contributed by atoms with Crippen LogP contribution in [0.25, 0.3) is 0 Å². The van der Waals surface area contributed by atoms with E-state index in [4.69, 9.17) is 4.74 Å². The Labute approximate surface area is 170 Å². The maximum absolute atomic E-state index is 14.0. The number of carbonyl (C=O) groups excluding carboxylic acids is 1. The van der Waals surface area contributed by atoms with E-state index in [1.807, 2.05) is 11.8 Å². The average molecular weight is 398 g/mol. The van der Waals surface area contributed by atoms with E-state index < -0.39 is 5.82 Å². The summed E-state index contributed by atoms with van der Waals surface area (Å²) in [7, 11) is 2.09. The number of amides is 1. The first-order chi connectivity index (χ1) is 14.0. The number of carbonyl (C=O) groups is 1. The maximum Gasteiger partial charge on any atom is 0.226 e. The highest BCUT2D eigenvalue weighted by molar-refractivity contribution is 5.79. The Morgan fingerprint density at radius 1 is 1.14 bits per heavy atom. The standard InChI is InChI=1S/C22H27FN4O2/c1-15-14-20(29-19-8-4-3-6-17(19)23)25-21(24-15)18-7-5-11-27(18)22(28)16-9-12-26(2)13-10-16/h3-4,6,8,14,16,18H,5,7,9-13H2,1-2H3/t18-/m0/s1. The van der Waals surface area contributed by atoms with E-state index in [0.717, 1.165) is 51.0 Å². The minimum absolute atomic E-state index is 0.0748. The van der Waals surface area contributed by atoms with E-state index in [-0.39, 0.29) is 23.6 Å². The van der Waals surface area contributed by atoms with Gasteiger partial charge in [-0.15, -0.1) is 0 Å². The Morgan fingerprint density at radius 2 is 1.90 bits per heavy atom. The van der Waals surface area contributed by atoms with Gasteiger partial charge in [-0.25, -0.2) is 9.37 Å². The second kappa shape index (κ2) is 8.45. The zero-order valence-electron chi connectivity index (χ0n) is 17.0. The lowest BCUT2D eigenvalue weighted by Gasteiger charge is -2.33. The topological polar surface area (TPSA) is 58.6 Å². The summed E-state index contributed by atoms with van der Waals surface area (Å²) in [6, 6.07) is 7.79. The number of likely N-dealkylation sites (tertiary alicyclic amines) is 2. The molecule has 4 rings (SSSR count). The monoisotopic (exact) mass is 398 g/mol. The van der Waals surface area contributed by atoms with Crippen LogP contribution in [0.15, 0.2) is 30.3 Å². The predicted molar refractivity (Wildman–Crippen MR) is 107 cm³/mol. The van der Waals surface area contributed by atoms with Crippen LogP contribution in [0.1, 0.15) is 43.2 Å². The summed E-state index contributed by atoms with van der Waals surface area (Å²) < 4.78 is 19.6. The fourth-order valence-electron chi connectivity index (χ4n) is 4.19. The number of ether oxygens (including phenoxy) is 1. The first-order valence-electron chi connectivity index (χ1n) is 10.3. The maximum atomic E-state index is 14.0. The Hall–Kier alpha value is -2.54. The number of benzene rings is 1. The largest absolute Gasteiger partial charge is 0.436 e. The fraction of sp³-hybridized carbons (Fsp3) is 0.500. The first-order valence-corrected chi connectivity index (χ1v) is 10.3. The van der Waals surface area contributed by atoms with Crippen molar-refractivity contribution in [3.63, 3.8) is 0 Å². The van der Waals surface area contributed by atoms with E-state index in [2.05, 4.69) is 21.9 Å². The molecule has 3 heterocycles. The Kier molecular flexibility index (Phi) is 5.76. The molecule has 0 unspecified atom stereocenters. The molecule has 154 valence electrons. The van der Waals surface area contributed by atoms with Gasteiger partial charge in [-0.3, -0.25) is 4.79 Å². The third-order valence-corrected chi connectivity index (χ3v) is 5.80. The smallest absolute Gasteiger partial charge is 0.226 e. The van der Waals surface area contributed by atoms with Crippen molar-refractivity contribution in [1.82, 2.24) is 19.8 Å². The van der Waals surface area contributed by atoms with Crippen molar-refractivity contribution in [3.8, 4) is 11.6 Å². The van der Waals surface area contributed by atoms with E-state index >= 15 is 0 Å². The molecule has 1 atom stereocenters. The van der Waals surface area contributed by atoms with Gasteiger partial charge in [0.05, 0.1) is 6.04 Å². The van der Waals surface area contributed by atoms with Gasteiger partial charge in [0.1, 0.15) is 0 Å². The highest BCUT2D eigenvalue weighted by Crippen LogP contribution is 2.34. The summed E-state index contributed by atoms with van der Waals surface area (Å²) in [4.78, 5) is 26.5. The van der Waals surface area contributed by atoms with Crippen LogP contribution in [0.3, 0.4) is 0 Å². The van der Waals surface area contributed by atoms with Gasteiger partial charge < -0.3 is 14.5 Å². The molecule has 0 N–H and O–H groups in total. The third-order valence-electron chi connectivity index (χ3n) is 5.80. The zero-order chi connectivity index (χ0) is 20.4. The summed E-state index contributed by atoms with van der Waals surface area (Å²) in [5, 5.41) is 0. The molecular formula is C22H27FN4O2. The van der Waals surface area contributed by atoms with Gasteiger partial charge in [0.15, 0.2) is 17.4 Å². The van der Waals surface area contributed by atoms with Crippen molar-refractivity contribution in [3.05, 3.63) is 47.7 Å². The quantitative estimate of drug-likeness (QED) is 0.786. The molecule has 1 aromatic heterocycles. The van der Waals surface area contributed by atoms with Gasteiger partial charge >= 0.3 is 0 Å². The molecule has 0 bridgehead atoms. The molecular weight excluding hydrogens is 371 g/mol. The lowest BCUT2D eigenvalue weighted by atomic mass is 9.95. The molecule has 2 fully saturated rings. The minimum Gasteiger partial charge on any atom is -0.436 e. The second-order valence-corrected chi connectivity index (χ2v) is 8.01. The Morgan fingerprint density at radius 3 is 2.66 bits per heavy atom. The van der Waals surface area contributed by atoms with E-state index in [0.29, 0.717) is 11.7 Å². The highest BCUT2D eigenvalue weighted by atomic mass is 19.1. The molecule has 1 aromatic carbocycles. The lowest BCUT2D eigenvalue weighted by molar-refractivity contribution is -0.138. The average Bonchev–Trinajstić information content (AvgIpc) is 3.19. The fourth-order valence-corrected chi connectivity index (χ4v) is 4.19. The van der Waals surface area contributed by atoms with Crippen LogP contribution < -0.4 is 4.74 Å². The molecule has 6 nitrogen and oxygen atoms in total. The summed E-state index contributed by atoms with van der Waals surface area (Å²) in [5.74, 6) is 0.854. The summed E-state index contributed by atoms with van der Waals surface area (Å²) >= 11 is 0. The van der Waals surface area contributed by atoms with Crippen molar-refractivity contribution < 1.29 is 13.9 Å². The number of hydrogen-bond donors (Lipinski definition) is 0. The predicted octanol–water partition coefficient (Wildman–Crippen LogP) is 3.72. The van der Waals surface area contributed by atoms with Crippen LogP contribution in [0.2, 0.25) is 0 Å². The van der Waals surface area contributed by atoms with Gasteiger partial charge in [0, 0.05) is 24.2 Å². The van der Waals surface area contributed by atoms with Crippen LogP contribution >= 0.6 is 0 Å². The molecule has 0 radical (unpaired) electrons. The number of halogens is 1. The van der Waals surface area contributed by atoms with Gasteiger partial charge in [-0.2, -0.15) is 4.98 Å². The van der Waals surface area contributed by atoms with Crippen molar-refractivity contribution in [2.75, 3.05) is 26.7 Å². The van der Waals surface area contributed by atoms with Gasteiger partial charge in [-0.1, -0.05) is 12.1 Å². The third kappa shape index (κ3) is 4.40. The van der Waals surface area contributed by atoms with Crippen LogP contribution in [-0.4, -0.2) is 52.4 Å². The Bertz CT molecular complexity index is 883. The molecule has 0 aliphatic carbocycles. The SMILES string of the molecule is Cc1cc(Oc2ccccc2F)nc([C@@H]2CCCN2C(=O)C2CCN(C)CC2)n1. The van der Waals surface area contributed by atoms with Gasteiger partial charge in [0.25, 0.3) is 0 Å². The Balaban J connectivity index is 1.54. The molecule has 0 spiro atoms. The number of rotatable bonds is 4. The van der Waals surface area contributed by atoms with Crippen molar-refractivity contribution >= 4 is 5.91 Å². The van der Waals surface area contributed by atoms with Gasteiger partial charge in [0.2, 0.25) is 11.8 Å². The van der Waals surface area contributed by atoms with Crippen LogP contribution in [0, 0.1) is 18.7 Å². The second-order valence-electron chi connectivity index (χ2n) is 8.01. The molecule has 2 saturated heterocycles. The van der Waals surface area contributed by atoms with Crippen LogP contribution in [0.5, 0.6) is 11.6 Å². The summed E-state index contributed by atoms with van der Waals surface area (Å²) in [6.07, 6.45) is 3.56. The molecule has 2 aliphatic heterocycles.